The minimum atomic E-state index is 0.342. The van der Waals surface area contributed by atoms with E-state index < -0.39 is 0 Å². The Morgan fingerprint density at radius 3 is 2.70 bits per heavy atom. The third kappa shape index (κ3) is 2.85. The standard InChI is InChI=1S/C25H26N2/c1-16(2)18-10-11-23-22(14-18)21-12-13-26-24(25(21)27-23)15-19-8-5-7-17-6-3-4-9-20(17)19/h3-11,14,16,24,26-27H,12-13,15H2,1-2H3. The molecule has 0 aliphatic carbocycles. The van der Waals surface area contributed by atoms with Crippen molar-refractivity contribution in [2.45, 2.75) is 38.6 Å². The molecule has 2 nitrogen and oxygen atoms in total. The molecule has 1 aliphatic rings. The summed E-state index contributed by atoms with van der Waals surface area (Å²) in [6.07, 6.45) is 2.11. The zero-order chi connectivity index (χ0) is 18.4. The van der Waals surface area contributed by atoms with E-state index in [1.54, 1.807) is 0 Å². The van der Waals surface area contributed by atoms with Crippen LogP contribution >= 0.6 is 0 Å². The molecular weight excluding hydrogens is 328 g/mol. The topological polar surface area (TPSA) is 27.8 Å². The predicted octanol–water partition coefficient (Wildman–Crippen LogP) is 5.87. The molecule has 3 aromatic carbocycles. The minimum Gasteiger partial charge on any atom is -0.357 e. The van der Waals surface area contributed by atoms with Gasteiger partial charge in [0.2, 0.25) is 0 Å². The molecule has 0 saturated heterocycles. The van der Waals surface area contributed by atoms with E-state index in [4.69, 9.17) is 0 Å². The van der Waals surface area contributed by atoms with Crippen molar-refractivity contribution < 1.29 is 0 Å². The third-order valence-corrected chi connectivity index (χ3v) is 6.05. The highest BCUT2D eigenvalue weighted by Gasteiger charge is 2.24. The molecule has 1 aliphatic heterocycles. The van der Waals surface area contributed by atoms with E-state index in [2.05, 4.69) is 84.8 Å². The molecule has 4 aromatic rings. The van der Waals surface area contributed by atoms with Crippen molar-refractivity contribution in [2.75, 3.05) is 6.54 Å². The first-order valence-electron chi connectivity index (χ1n) is 10.0. The summed E-state index contributed by atoms with van der Waals surface area (Å²) in [5.41, 5.74) is 7.01. The van der Waals surface area contributed by atoms with Crippen molar-refractivity contribution in [2.24, 2.45) is 0 Å². The minimum absolute atomic E-state index is 0.342. The Labute approximate surface area is 160 Å². The lowest BCUT2D eigenvalue weighted by molar-refractivity contribution is 0.496. The van der Waals surface area contributed by atoms with Crippen molar-refractivity contribution in [1.29, 1.82) is 0 Å². The Morgan fingerprint density at radius 2 is 1.81 bits per heavy atom. The van der Waals surface area contributed by atoms with Crippen molar-refractivity contribution >= 4 is 21.7 Å². The molecule has 0 spiro atoms. The molecule has 0 saturated carbocycles. The van der Waals surface area contributed by atoms with Gasteiger partial charge in [-0.1, -0.05) is 62.4 Å². The lowest BCUT2D eigenvalue weighted by atomic mass is 9.92. The lowest BCUT2D eigenvalue weighted by Crippen LogP contribution is -2.31. The van der Waals surface area contributed by atoms with Crippen LogP contribution in [0.5, 0.6) is 0 Å². The highest BCUT2D eigenvalue weighted by atomic mass is 15.0. The second-order valence-corrected chi connectivity index (χ2v) is 8.08. The fourth-order valence-electron chi connectivity index (χ4n) is 4.55. The van der Waals surface area contributed by atoms with Gasteiger partial charge in [0.25, 0.3) is 0 Å². The maximum Gasteiger partial charge on any atom is 0.0517 e. The molecule has 0 radical (unpaired) electrons. The Morgan fingerprint density at radius 1 is 0.963 bits per heavy atom. The van der Waals surface area contributed by atoms with Crippen LogP contribution < -0.4 is 5.32 Å². The van der Waals surface area contributed by atoms with Crippen LogP contribution in [0.15, 0.2) is 60.7 Å². The van der Waals surface area contributed by atoms with E-state index in [0.717, 1.165) is 19.4 Å². The molecule has 2 N–H and O–H groups in total. The van der Waals surface area contributed by atoms with Crippen molar-refractivity contribution in [3.63, 3.8) is 0 Å². The van der Waals surface area contributed by atoms with Gasteiger partial charge in [0, 0.05) is 16.6 Å². The van der Waals surface area contributed by atoms with Crippen LogP contribution in [0, 0.1) is 0 Å². The average molecular weight is 354 g/mol. The quantitative estimate of drug-likeness (QED) is 0.473. The Bertz CT molecular complexity index is 1110. The van der Waals surface area contributed by atoms with Gasteiger partial charge in [-0.25, -0.2) is 0 Å². The van der Waals surface area contributed by atoms with Crippen LogP contribution in [0.25, 0.3) is 21.7 Å². The molecule has 5 rings (SSSR count). The number of H-pyrrole nitrogens is 1. The predicted molar refractivity (Wildman–Crippen MR) is 114 cm³/mol. The maximum atomic E-state index is 3.76. The normalized spacial score (nSPS) is 16.9. The van der Waals surface area contributed by atoms with Gasteiger partial charge in [0.05, 0.1) is 6.04 Å². The highest BCUT2D eigenvalue weighted by Crippen LogP contribution is 2.34. The summed E-state index contributed by atoms with van der Waals surface area (Å²) in [7, 11) is 0. The maximum absolute atomic E-state index is 3.76. The van der Waals surface area contributed by atoms with Gasteiger partial charge in [-0.15, -0.1) is 0 Å². The number of hydrogen-bond donors (Lipinski definition) is 2. The summed E-state index contributed by atoms with van der Waals surface area (Å²) in [6.45, 7) is 5.58. The molecule has 2 heterocycles. The summed E-state index contributed by atoms with van der Waals surface area (Å²) < 4.78 is 0. The average Bonchev–Trinajstić information content (AvgIpc) is 3.07. The first kappa shape index (κ1) is 16.6. The van der Waals surface area contributed by atoms with E-state index in [9.17, 15) is 0 Å². The molecule has 1 aromatic heterocycles. The second kappa shape index (κ2) is 6.54. The van der Waals surface area contributed by atoms with Crippen LogP contribution in [-0.2, 0) is 12.8 Å². The number of aromatic nitrogens is 1. The number of nitrogens with one attached hydrogen (secondary N) is 2. The van der Waals surface area contributed by atoms with Crippen LogP contribution in [0.4, 0.5) is 0 Å². The molecular formula is C25H26N2. The molecule has 0 fully saturated rings. The molecule has 2 heteroatoms. The summed E-state index contributed by atoms with van der Waals surface area (Å²) in [5, 5.41) is 7.86. The zero-order valence-electron chi connectivity index (χ0n) is 16.0. The van der Waals surface area contributed by atoms with Gasteiger partial charge >= 0.3 is 0 Å². The van der Waals surface area contributed by atoms with Crippen molar-refractivity contribution in [3.05, 3.63) is 83.0 Å². The molecule has 1 unspecified atom stereocenters. The third-order valence-electron chi connectivity index (χ3n) is 6.05. The van der Waals surface area contributed by atoms with E-state index >= 15 is 0 Å². The Hall–Kier alpha value is -2.58. The van der Waals surface area contributed by atoms with Gasteiger partial charge in [0.15, 0.2) is 0 Å². The van der Waals surface area contributed by atoms with Crippen molar-refractivity contribution in [1.82, 2.24) is 10.3 Å². The summed E-state index contributed by atoms with van der Waals surface area (Å²) in [6, 6.07) is 22.6. The number of benzene rings is 3. The Kier molecular flexibility index (Phi) is 4.02. The second-order valence-electron chi connectivity index (χ2n) is 8.08. The molecule has 0 bridgehead atoms. The lowest BCUT2D eigenvalue weighted by Gasteiger charge is -2.25. The largest absolute Gasteiger partial charge is 0.357 e. The number of aromatic amines is 1. The van der Waals surface area contributed by atoms with Crippen molar-refractivity contribution in [3.8, 4) is 0 Å². The summed E-state index contributed by atoms with van der Waals surface area (Å²) >= 11 is 0. The summed E-state index contributed by atoms with van der Waals surface area (Å²) in [4.78, 5) is 3.74. The van der Waals surface area contributed by atoms with Crippen LogP contribution in [0.3, 0.4) is 0 Å². The molecule has 27 heavy (non-hydrogen) atoms. The molecule has 0 amide bonds. The van der Waals surface area contributed by atoms with E-state index in [1.807, 2.05) is 0 Å². The van der Waals surface area contributed by atoms with E-state index in [0.29, 0.717) is 12.0 Å². The fourth-order valence-corrected chi connectivity index (χ4v) is 4.55. The van der Waals surface area contributed by atoms with Gasteiger partial charge in [-0.05, 0) is 64.9 Å². The molecule has 1 atom stereocenters. The smallest absolute Gasteiger partial charge is 0.0517 e. The van der Waals surface area contributed by atoms with E-state index in [-0.39, 0.29) is 0 Å². The van der Waals surface area contributed by atoms with Gasteiger partial charge < -0.3 is 10.3 Å². The van der Waals surface area contributed by atoms with E-state index in [1.165, 1.54) is 44.1 Å². The first-order chi connectivity index (χ1) is 13.2. The van der Waals surface area contributed by atoms with Crippen LogP contribution in [-0.4, -0.2) is 11.5 Å². The van der Waals surface area contributed by atoms with Crippen LogP contribution in [0.2, 0.25) is 0 Å². The fraction of sp³-hybridized carbons (Fsp3) is 0.280. The number of fused-ring (bicyclic) bond motifs is 4. The van der Waals surface area contributed by atoms with Gasteiger partial charge in [-0.2, -0.15) is 0 Å². The number of hydrogen-bond acceptors (Lipinski definition) is 1. The zero-order valence-corrected chi connectivity index (χ0v) is 16.0. The molecule has 136 valence electrons. The van der Waals surface area contributed by atoms with Gasteiger partial charge in [-0.3, -0.25) is 0 Å². The summed E-state index contributed by atoms with van der Waals surface area (Å²) in [5.74, 6) is 0.563. The van der Waals surface area contributed by atoms with Gasteiger partial charge in [0.1, 0.15) is 0 Å². The first-order valence-corrected chi connectivity index (χ1v) is 10.0. The monoisotopic (exact) mass is 354 g/mol. The number of rotatable bonds is 3. The SMILES string of the molecule is CC(C)c1ccc2[nH]c3c(c2c1)CCNC3Cc1cccc2ccccc12. The highest BCUT2D eigenvalue weighted by molar-refractivity contribution is 5.87. The Balaban J connectivity index is 1.57. The van der Waals surface area contributed by atoms with Crippen LogP contribution in [0.1, 0.15) is 48.2 Å².